The van der Waals surface area contributed by atoms with E-state index in [0.717, 1.165) is 6.42 Å². The molecular weight excluding hydrogens is 559 g/mol. The van der Waals surface area contributed by atoms with E-state index < -0.39 is 65.0 Å². The van der Waals surface area contributed by atoms with Crippen molar-refractivity contribution in [3.63, 3.8) is 0 Å². The summed E-state index contributed by atoms with van der Waals surface area (Å²) in [6, 6.07) is -4.04. The highest BCUT2D eigenvalue weighted by atomic mass is 19.4. The van der Waals surface area contributed by atoms with Crippen LogP contribution in [0.5, 0.6) is 0 Å². The second-order valence-corrected chi connectivity index (χ2v) is 13.6. The minimum atomic E-state index is -5.21. The summed E-state index contributed by atoms with van der Waals surface area (Å²) in [4.78, 5) is 80.7. The van der Waals surface area contributed by atoms with E-state index in [2.05, 4.69) is 10.6 Å². The van der Waals surface area contributed by atoms with Crippen LogP contribution in [0.3, 0.4) is 0 Å². The molecule has 11 nitrogen and oxygen atoms in total. The molecule has 5 amide bonds. The molecule has 42 heavy (non-hydrogen) atoms. The molecule has 1 aliphatic carbocycles. The first-order valence-electron chi connectivity index (χ1n) is 14.4. The summed E-state index contributed by atoms with van der Waals surface area (Å²) in [5.41, 5.74) is -1.49. The first kappa shape index (κ1) is 31.7. The van der Waals surface area contributed by atoms with Crippen LogP contribution in [0.15, 0.2) is 0 Å². The zero-order valence-corrected chi connectivity index (χ0v) is 24.6. The topological polar surface area (TPSA) is 145 Å². The number of hydrogen-bond donors (Lipinski definition) is 3. The number of alkyl halides is 3. The summed E-state index contributed by atoms with van der Waals surface area (Å²) in [5, 5.41) is 7.19. The molecule has 0 aromatic rings. The van der Waals surface area contributed by atoms with Crippen molar-refractivity contribution in [2.75, 3.05) is 26.2 Å². The Hall–Kier alpha value is -3.19. The van der Waals surface area contributed by atoms with E-state index >= 15 is 0 Å². The molecule has 0 radical (unpaired) electrons. The molecule has 4 aliphatic rings. The van der Waals surface area contributed by atoms with Gasteiger partial charge in [-0.25, -0.2) is 0 Å². The Labute approximate surface area is 242 Å². The Balaban J connectivity index is 1.59. The highest BCUT2D eigenvalue weighted by Crippen LogP contribution is 2.65. The molecule has 3 heterocycles. The van der Waals surface area contributed by atoms with Crippen LogP contribution < -0.4 is 16.0 Å². The van der Waals surface area contributed by atoms with Crippen LogP contribution in [0.1, 0.15) is 60.3 Å². The van der Waals surface area contributed by atoms with Gasteiger partial charge in [0.15, 0.2) is 0 Å². The number of Topliss-reactive ketones (excluding diaryl/α,β-unsaturated/α-hetero) is 1. The molecule has 14 heteroatoms. The Morgan fingerprint density at radius 1 is 1.05 bits per heavy atom. The highest BCUT2D eigenvalue weighted by molar-refractivity contribution is 6.38. The molecule has 0 bridgehead atoms. The van der Waals surface area contributed by atoms with Gasteiger partial charge in [-0.2, -0.15) is 13.2 Å². The molecule has 6 atom stereocenters. The number of carbonyl (C=O) groups excluding carboxylic acids is 6. The molecule has 1 saturated carbocycles. The summed E-state index contributed by atoms with van der Waals surface area (Å²) < 4.78 is 39.3. The number of nitrogens with zero attached hydrogens (tertiary/aromatic N) is 2. The largest absolute Gasteiger partial charge is 0.471 e. The number of amides is 5. The normalized spacial score (nSPS) is 28.0. The Bertz CT molecular complexity index is 1160. The molecule has 3 saturated heterocycles. The van der Waals surface area contributed by atoms with E-state index in [0.29, 0.717) is 32.5 Å². The summed E-state index contributed by atoms with van der Waals surface area (Å²) in [5.74, 6) is -6.79. The summed E-state index contributed by atoms with van der Waals surface area (Å²) >= 11 is 0. The van der Waals surface area contributed by atoms with Gasteiger partial charge in [-0.15, -0.1) is 0 Å². The molecule has 3 N–H and O–H groups in total. The van der Waals surface area contributed by atoms with Gasteiger partial charge in [0.1, 0.15) is 12.1 Å². The van der Waals surface area contributed by atoms with Gasteiger partial charge in [0.05, 0.1) is 6.04 Å². The lowest BCUT2D eigenvalue weighted by Gasteiger charge is -2.38. The van der Waals surface area contributed by atoms with E-state index in [1.165, 1.54) is 30.6 Å². The van der Waals surface area contributed by atoms with Crippen LogP contribution in [0.25, 0.3) is 0 Å². The molecule has 0 spiro atoms. The first-order chi connectivity index (χ1) is 19.4. The van der Waals surface area contributed by atoms with Gasteiger partial charge >= 0.3 is 12.1 Å². The molecule has 4 fully saturated rings. The minimum Gasteiger partial charge on any atom is -0.356 e. The fourth-order valence-electron chi connectivity index (χ4n) is 6.50. The smallest absolute Gasteiger partial charge is 0.356 e. The Kier molecular flexibility index (Phi) is 8.42. The fraction of sp³-hybridized carbons (Fsp3) is 0.786. The lowest BCUT2D eigenvalue weighted by Crippen LogP contribution is -2.62. The maximum Gasteiger partial charge on any atom is 0.471 e. The quantitative estimate of drug-likeness (QED) is 0.352. The van der Waals surface area contributed by atoms with E-state index in [-0.39, 0.29) is 36.1 Å². The monoisotopic (exact) mass is 599 g/mol. The van der Waals surface area contributed by atoms with Crippen LogP contribution in [0, 0.1) is 28.6 Å². The molecule has 0 aromatic carbocycles. The molecular formula is C28H40F3N5O6. The average Bonchev–Trinajstić information content (AvgIpc) is 3.18. The van der Waals surface area contributed by atoms with Crippen LogP contribution >= 0.6 is 0 Å². The number of carbonyl (C=O) groups is 6. The second-order valence-electron chi connectivity index (χ2n) is 13.6. The van der Waals surface area contributed by atoms with Gasteiger partial charge in [-0.1, -0.05) is 34.6 Å². The standard InChI is InChI=1S/C28H40F3N5O6/c1-26(2,3)20(34-25(42)28(29,30)31)24(41)36-13-15-17(27(15,4)5)18(36)22(39)33-16(12-14-8-6-9-32-21(14)38)19(37)23(40)35-10-7-11-35/h14-18,20H,6-13H2,1-5H3,(H,32,38)(H,33,39)(H,34,42)/t14-,15-,16-,17-,18-,20+/m0/s1. The van der Waals surface area contributed by atoms with Gasteiger partial charge in [0.2, 0.25) is 23.5 Å². The van der Waals surface area contributed by atoms with Crippen molar-refractivity contribution in [3.8, 4) is 0 Å². The predicted molar refractivity (Wildman–Crippen MR) is 142 cm³/mol. The van der Waals surface area contributed by atoms with Crippen LogP contribution in [0.4, 0.5) is 13.2 Å². The van der Waals surface area contributed by atoms with Crippen LogP contribution in [-0.2, 0) is 28.8 Å². The van der Waals surface area contributed by atoms with E-state index in [1.54, 1.807) is 5.32 Å². The van der Waals surface area contributed by atoms with Gasteiger partial charge in [0, 0.05) is 32.1 Å². The molecule has 234 valence electrons. The van der Waals surface area contributed by atoms with Gasteiger partial charge in [-0.05, 0) is 48.3 Å². The minimum absolute atomic E-state index is 0.0827. The highest BCUT2D eigenvalue weighted by Gasteiger charge is 2.70. The number of rotatable bonds is 8. The number of nitrogens with one attached hydrogen (secondary N) is 3. The van der Waals surface area contributed by atoms with Crippen molar-refractivity contribution >= 4 is 35.3 Å². The summed E-state index contributed by atoms with van der Waals surface area (Å²) in [7, 11) is 0. The lowest BCUT2D eigenvalue weighted by molar-refractivity contribution is -0.176. The SMILES string of the molecule is CC(C)(C)[C@H](NC(=O)C(F)(F)F)C(=O)N1C[C@H]2[C@@H]([C@H]1C(=O)N[C@@H](C[C@@H]1CCCNC1=O)C(=O)C(=O)N1CCC1)C2(C)C. The number of ketones is 1. The van der Waals surface area contributed by atoms with Crippen molar-refractivity contribution in [2.24, 2.45) is 28.6 Å². The molecule has 3 aliphatic heterocycles. The molecule has 0 aromatic heterocycles. The van der Waals surface area contributed by atoms with Crippen molar-refractivity contribution in [2.45, 2.75) is 84.6 Å². The first-order valence-corrected chi connectivity index (χ1v) is 14.4. The summed E-state index contributed by atoms with van der Waals surface area (Å²) in [6.45, 7) is 9.75. The zero-order chi connectivity index (χ0) is 31.4. The molecule has 0 unspecified atom stereocenters. The maximum atomic E-state index is 13.9. The van der Waals surface area contributed by atoms with Crippen molar-refractivity contribution in [1.29, 1.82) is 0 Å². The van der Waals surface area contributed by atoms with Gasteiger partial charge in [-0.3, -0.25) is 28.8 Å². The van der Waals surface area contributed by atoms with Crippen LogP contribution in [0.2, 0.25) is 0 Å². The number of piperidine rings is 2. The third kappa shape index (κ3) is 6.12. The van der Waals surface area contributed by atoms with Crippen molar-refractivity contribution in [3.05, 3.63) is 0 Å². The second kappa shape index (κ2) is 11.1. The van der Waals surface area contributed by atoms with Gasteiger partial charge in [0.25, 0.3) is 5.91 Å². The number of hydrogen-bond acceptors (Lipinski definition) is 6. The zero-order valence-electron chi connectivity index (χ0n) is 24.6. The Morgan fingerprint density at radius 3 is 2.21 bits per heavy atom. The van der Waals surface area contributed by atoms with E-state index in [9.17, 15) is 41.9 Å². The van der Waals surface area contributed by atoms with E-state index in [1.807, 2.05) is 13.8 Å². The Morgan fingerprint density at radius 2 is 1.69 bits per heavy atom. The fourth-order valence-corrected chi connectivity index (χ4v) is 6.50. The third-order valence-corrected chi connectivity index (χ3v) is 9.31. The predicted octanol–water partition coefficient (Wildman–Crippen LogP) is 0.765. The number of fused-ring (bicyclic) bond motifs is 1. The molecule has 4 rings (SSSR count). The summed E-state index contributed by atoms with van der Waals surface area (Å²) in [6.07, 6.45) is -3.41. The van der Waals surface area contributed by atoms with Crippen molar-refractivity contribution < 1.29 is 41.9 Å². The number of halogens is 3. The number of likely N-dealkylation sites (tertiary alicyclic amines) is 2. The maximum absolute atomic E-state index is 13.9. The van der Waals surface area contributed by atoms with Crippen molar-refractivity contribution in [1.82, 2.24) is 25.8 Å². The third-order valence-electron chi connectivity index (χ3n) is 9.31. The van der Waals surface area contributed by atoms with E-state index in [4.69, 9.17) is 0 Å². The van der Waals surface area contributed by atoms with Gasteiger partial charge < -0.3 is 25.8 Å². The average molecular weight is 600 g/mol. The lowest BCUT2D eigenvalue weighted by atomic mass is 9.85. The van der Waals surface area contributed by atoms with Crippen LogP contribution in [-0.4, -0.2) is 95.6 Å².